The van der Waals surface area contributed by atoms with Crippen molar-refractivity contribution >= 4 is 22.6 Å². The van der Waals surface area contributed by atoms with Crippen LogP contribution in [0.25, 0.3) is 0 Å². The Morgan fingerprint density at radius 2 is 1.92 bits per heavy atom. The summed E-state index contributed by atoms with van der Waals surface area (Å²) in [4.78, 5) is 25.5. The highest BCUT2D eigenvalue weighted by Gasteiger charge is 2.81. The highest BCUT2D eigenvalue weighted by atomic mass is 32.2. The van der Waals surface area contributed by atoms with E-state index in [2.05, 4.69) is 0 Å². The van der Waals surface area contributed by atoms with Gasteiger partial charge in [-0.3, -0.25) is 13.8 Å². The quantitative estimate of drug-likeness (QED) is 0.769. The van der Waals surface area contributed by atoms with Crippen molar-refractivity contribution in [3.63, 3.8) is 0 Å². The van der Waals surface area contributed by atoms with Gasteiger partial charge >= 0.3 is 5.97 Å². The fourth-order valence-corrected chi connectivity index (χ4v) is 7.23. The van der Waals surface area contributed by atoms with Gasteiger partial charge in [0.2, 0.25) is 0 Å². The summed E-state index contributed by atoms with van der Waals surface area (Å²) < 4.78 is 25.0. The van der Waals surface area contributed by atoms with Crippen LogP contribution in [0.1, 0.15) is 25.3 Å². The predicted octanol–water partition coefficient (Wildman–Crippen LogP) is 1.78. The zero-order chi connectivity index (χ0) is 17.6. The lowest BCUT2D eigenvalue weighted by atomic mass is 9.51. The molecule has 1 aromatic rings. The summed E-state index contributed by atoms with van der Waals surface area (Å²) >= 11 is 0. The molecule has 1 saturated carbocycles. The highest BCUT2D eigenvalue weighted by Crippen LogP contribution is 2.69. The molecule has 1 aromatic carbocycles. The lowest BCUT2D eigenvalue weighted by Crippen LogP contribution is -2.61. The molecular weight excluding hydrogens is 340 g/mol. The molecule has 25 heavy (non-hydrogen) atoms. The second-order valence-electron chi connectivity index (χ2n) is 8.10. The maximum absolute atomic E-state index is 13.1. The van der Waals surface area contributed by atoms with E-state index in [1.807, 2.05) is 38.1 Å². The van der Waals surface area contributed by atoms with E-state index in [-0.39, 0.29) is 29.9 Å². The first-order valence-electron chi connectivity index (χ1n) is 8.71. The first-order valence-corrected chi connectivity index (χ1v) is 10.0. The van der Waals surface area contributed by atoms with Gasteiger partial charge in [-0.15, -0.1) is 0 Å². The van der Waals surface area contributed by atoms with Crippen molar-refractivity contribution in [3.8, 4) is 0 Å². The summed E-state index contributed by atoms with van der Waals surface area (Å²) in [6, 6.07) is 7.65. The fourth-order valence-electron chi connectivity index (χ4n) is 5.63. The molecule has 3 aliphatic heterocycles. The third-order valence-corrected chi connectivity index (χ3v) is 8.28. The number of esters is 1. The second-order valence-corrected chi connectivity index (χ2v) is 9.55. The average Bonchev–Trinajstić information content (AvgIpc) is 3.09. The molecule has 4 aliphatic rings. The minimum atomic E-state index is -1.26. The molecule has 0 aromatic heterocycles. The van der Waals surface area contributed by atoms with Crippen molar-refractivity contribution in [3.05, 3.63) is 29.8 Å². The van der Waals surface area contributed by atoms with Crippen LogP contribution in [0.4, 0.5) is 0 Å². The van der Waals surface area contributed by atoms with Gasteiger partial charge in [0.25, 0.3) is 0 Å². The van der Waals surface area contributed by atoms with Crippen LogP contribution < -0.4 is 0 Å². The van der Waals surface area contributed by atoms with Crippen LogP contribution in [0.3, 0.4) is 0 Å². The van der Waals surface area contributed by atoms with Crippen molar-refractivity contribution < 1.29 is 23.3 Å². The molecule has 4 fully saturated rings. The van der Waals surface area contributed by atoms with Gasteiger partial charge in [-0.05, 0) is 19.1 Å². The van der Waals surface area contributed by atoms with Crippen molar-refractivity contribution in [1.29, 1.82) is 0 Å². The predicted molar refractivity (Wildman–Crippen MR) is 89.3 cm³/mol. The van der Waals surface area contributed by atoms with Crippen molar-refractivity contribution in [1.82, 2.24) is 0 Å². The van der Waals surface area contributed by atoms with Gasteiger partial charge in [0.05, 0.1) is 28.1 Å². The Labute approximate surface area is 148 Å². The Morgan fingerprint density at radius 3 is 2.64 bits per heavy atom. The molecule has 132 valence electrons. The molecule has 0 amide bonds. The van der Waals surface area contributed by atoms with E-state index in [1.165, 1.54) is 0 Å². The molecule has 7 atom stereocenters. The van der Waals surface area contributed by atoms with Gasteiger partial charge in [0, 0.05) is 29.1 Å². The Balaban J connectivity index is 1.56. The monoisotopic (exact) mass is 360 g/mol. The number of aryl methyl sites for hydroxylation is 1. The number of benzene rings is 1. The number of ether oxygens (including phenoxy) is 2. The Morgan fingerprint density at radius 1 is 1.20 bits per heavy atom. The van der Waals surface area contributed by atoms with E-state index in [0.717, 1.165) is 10.5 Å². The molecule has 0 spiro atoms. The highest BCUT2D eigenvalue weighted by molar-refractivity contribution is 7.85. The molecule has 2 bridgehead atoms. The standard InChI is InChI=1S/C19H20O5S/c1-10-3-5-12(6-4-10)25(22)9-19-13-7-11(20)8-18(19,2)14-16(24-19)15(13)23-17(14)21/h3-6,13-16H,7-9H2,1-2H3/t13-,14+,15-,16-,18-,19+,25?/m1/s1. The maximum atomic E-state index is 13.1. The minimum Gasteiger partial charge on any atom is -0.459 e. The van der Waals surface area contributed by atoms with Gasteiger partial charge in [-0.1, -0.05) is 24.6 Å². The van der Waals surface area contributed by atoms with Crippen LogP contribution in [-0.4, -0.2) is 39.5 Å². The van der Waals surface area contributed by atoms with Crippen LogP contribution in [0, 0.1) is 24.2 Å². The number of rotatable bonds is 3. The zero-order valence-electron chi connectivity index (χ0n) is 14.2. The molecule has 6 heteroatoms. The number of carbonyl (C=O) groups excluding carboxylic acids is 2. The smallest absolute Gasteiger partial charge is 0.312 e. The Kier molecular flexibility index (Phi) is 3.01. The number of fused-ring (bicyclic) bond motifs is 2. The Hall–Kier alpha value is -1.53. The summed E-state index contributed by atoms with van der Waals surface area (Å²) in [6.07, 6.45) is 0.00913. The van der Waals surface area contributed by atoms with Gasteiger partial charge in [-0.2, -0.15) is 0 Å². The third kappa shape index (κ3) is 1.79. The van der Waals surface area contributed by atoms with E-state index in [4.69, 9.17) is 9.47 Å². The topological polar surface area (TPSA) is 69.7 Å². The van der Waals surface area contributed by atoms with Gasteiger partial charge < -0.3 is 9.47 Å². The van der Waals surface area contributed by atoms with Crippen molar-refractivity contribution in [2.24, 2.45) is 17.3 Å². The number of carbonyl (C=O) groups is 2. The van der Waals surface area contributed by atoms with Crippen LogP contribution in [-0.2, 0) is 29.9 Å². The van der Waals surface area contributed by atoms with E-state index in [1.54, 1.807) is 0 Å². The summed E-state index contributed by atoms with van der Waals surface area (Å²) in [5, 5.41) is 0. The number of hydrogen-bond donors (Lipinski definition) is 0. The summed E-state index contributed by atoms with van der Waals surface area (Å²) in [5.74, 6) is -0.377. The molecule has 5 nitrogen and oxygen atoms in total. The van der Waals surface area contributed by atoms with E-state index >= 15 is 0 Å². The lowest BCUT2D eigenvalue weighted by Gasteiger charge is -2.50. The number of hydrogen-bond acceptors (Lipinski definition) is 5. The van der Waals surface area contributed by atoms with Crippen LogP contribution >= 0.6 is 0 Å². The van der Waals surface area contributed by atoms with Crippen LogP contribution in [0.15, 0.2) is 29.2 Å². The first kappa shape index (κ1) is 15.7. The SMILES string of the molecule is Cc1ccc(S(=O)C[C@@]23O[C@H]4[C@@H]5OC(=O)[C@H]4[C@@]2(C)CC(=O)C[C@H]53)cc1. The molecule has 0 radical (unpaired) electrons. The van der Waals surface area contributed by atoms with Gasteiger partial charge in [0.15, 0.2) is 0 Å². The van der Waals surface area contributed by atoms with E-state index in [0.29, 0.717) is 18.6 Å². The van der Waals surface area contributed by atoms with Crippen LogP contribution in [0.2, 0.25) is 0 Å². The van der Waals surface area contributed by atoms with Gasteiger partial charge in [0.1, 0.15) is 18.0 Å². The molecule has 5 rings (SSSR count). The molecule has 0 N–H and O–H groups in total. The van der Waals surface area contributed by atoms with E-state index in [9.17, 15) is 13.8 Å². The minimum absolute atomic E-state index is 0.154. The zero-order valence-corrected chi connectivity index (χ0v) is 15.0. The number of ketones is 1. The second kappa shape index (κ2) is 4.80. The normalized spacial score (nSPS) is 44.9. The van der Waals surface area contributed by atoms with E-state index < -0.39 is 27.7 Å². The van der Waals surface area contributed by atoms with Crippen molar-refractivity contribution in [2.45, 2.75) is 49.4 Å². The molecule has 3 heterocycles. The third-order valence-electron chi connectivity index (χ3n) is 6.79. The summed E-state index contributed by atoms with van der Waals surface area (Å²) in [6.45, 7) is 3.95. The summed E-state index contributed by atoms with van der Waals surface area (Å²) in [5.41, 5.74) is -0.228. The first-order chi connectivity index (χ1) is 11.9. The lowest BCUT2D eigenvalue weighted by molar-refractivity contribution is -0.146. The molecular formula is C19H20O5S. The molecule has 1 aliphatic carbocycles. The Bertz CT molecular complexity index is 818. The maximum Gasteiger partial charge on any atom is 0.312 e. The summed E-state index contributed by atoms with van der Waals surface area (Å²) in [7, 11) is -1.26. The fraction of sp³-hybridized carbons (Fsp3) is 0.579. The molecule has 3 saturated heterocycles. The van der Waals surface area contributed by atoms with Crippen LogP contribution in [0.5, 0.6) is 0 Å². The van der Waals surface area contributed by atoms with Gasteiger partial charge in [-0.25, -0.2) is 0 Å². The largest absolute Gasteiger partial charge is 0.459 e. The number of Topliss-reactive ketones (excluding diaryl/α,β-unsaturated/α-hetero) is 1. The van der Waals surface area contributed by atoms with Crippen molar-refractivity contribution in [2.75, 3.05) is 5.75 Å². The average molecular weight is 360 g/mol. The molecule has 1 unspecified atom stereocenters.